The van der Waals surface area contributed by atoms with E-state index in [1.54, 1.807) is 86.6 Å². The summed E-state index contributed by atoms with van der Waals surface area (Å²) in [5.74, 6) is -0.783. The van der Waals surface area contributed by atoms with Crippen LogP contribution in [0.15, 0.2) is 84.0 Å². The smallest absolute Gasteiger partial charge is 0.260 e. The molecule has 0 bridgehead atoms. The molecular weight excluding hydrogens is 452 g/mol. The van der Waals surface area contributed by atoms with Gasteiger partial charge in [-0.2, -0.15) is 5.10 Å². The van der Waals surface area contributed by atoms with Gasteiger partial charge in [-0.05, 0) is 55.3 Å². The van der Waals surface area contributed by atoms with Crippen LogP contribution in [-0.4, -0.2) is 38.7 Å². The summed E-state index contributed by atoms with van der Waals surface area (Å²) in [4.78, 5) is 24.7. The average molecular weight is 479 g/mol. The molecule has 34 heavy (non-hydrogen) atoms. The van der Waals surface area contributed by atoms with Crippen LogP contribution in [0, 0.1) is 6.92 Å². The van der Waals surface area contributed by atoms with Crippen molar-refractivity contribution in [2.45, 2.75) is 13.8 Å². The number of nitrogens with one attached hydrogen (secondary N) is 2. The van der Waals surface area contributed by atoms with Crippen molar-refractivity contribution < 1.29 is 18.0 Å². The molecule has 2 amide bonds. The summed E-state index contributed by atoms with van der Waals surface area (Å²) in [7, 11) is -3.67. The van der Waals surface area contributed by atoms with Gasteiger partial charge in [0.1, 0.15) is 6.54 Å². The third-order valence-corrected chi connectivity index (χ3v) is 6.14. The van der Waals surface area contributed by atoms with Crippen molar-refractivity contribution in [2.24, 2.45) is 5.10 Å². The van der Waals surface area contributed by atoms with Crippen molar-refractivity contribution in [1.29, 1.82) is 0 Å². The van der Waals surface area contributed by atoms with Gasteiger partial charge >= 0.3 is 0 Å². The summed E-state index contributed by atoms with van der Waals surface area (Å²) in [6.07, 6.45) is 1.05. The van der Waals surface area contributed by atoms with Crippen LogP contribution in [0.4, 0.5) is 11.4 Å². The highest BCUT2D eigenvalue weighted by Crippen LogP contribution is 2.21. The second kappa shape index (κ2) is 10.8. The maximum Gasteiger partial charge on any atom is 0.260 e. The summed E-state index contributed by atoms with van der Waals surface area (Å²) in [6, 6.07) is 22.8. The number of anilines is 2. The Morgan fingerprint density at radius 2 is 1.50 bits per heavy atom. The third kappa shape index (κ3) is 6.52. The van der Waals surface area contributed by atoms with Crippen LogP contribution in [0.25, 0.3) is 0 Å². The van der Waals surface area contributed by atoms with Gasteiger partial charge in [0.05, 0.1) is 17.7 Å². The van der Waals surface area contributed by atoms with Crippen molar-refractivity contribution in [1.82, 2.24) is 5.43 Å². The Balaban J connectivity index is 1.64. The van der Waals surface area contributed by atoms with E-state index in [-0.39, 0.29) is 5.91 Å². The quantitative estimate of drug-likeness (QED) is 0.381. The number of para-hydroxylation sites is 1. The number of sulfonamides is 1. The van der Waals surface area contributed by atoms with Crippen LogP contribution in [0.3, 0.4) is 0 Å². The Labute approximate surface area is 199 Å². The first kappa shape index (κ1) is 24.7. The number of carbonyl (C=O) groups is 2. The highest BCUT2D eigenvalue weighted by molar-refractivity contribution is 7.92. The monoisotopic (exact) mass is 478 g/mol. The lowest BCUT2D eigenvalue weighted by Crippen LogP contribution is -2.39. The molecule has 0 saturated carbocycles. The SMILES string of the molecule is C/C(=N/NC(=O)CN(c1ccccc1C)S(C)(=O)=O)c1ccc(NC(=O)c2ccccc2)cc1. The number of hydrogen-bond acceptors (Lipinski definition) is 5. The molecule has 3 rings (SSSR count). The van der Waals surface area contributed by atoms with Crippen LogP contribution >= 0.6 is 0 Å². The number of aryl methyl sites for hydroxylation is 1. The standard InChI is InChI=1S/C25H26N4O4S/c1-18-9-7-8-12-23(18)29(34(3,32)33)17-24(30)28-27-19(2)20-13-15-22(16-14-20)26-25(31)21-10-5-4-6-11-21/h4-16H,17H2,1-3H3,(H,26,31)(H,28,30)/b27-19-. The summed E-state index contributed by atoms with van der Waals surface area (Å²) >= 11 is 0. The first-order valence-corrected chi connectivity index (χ1v) is 12.3. The average Bonchev–Trinajstić information content (AvgIpc) is 2.82. The number of hydrogen-bond donors (Lipinski definition) is 2. The molecule has 0 fully saturated rings. The molecule has 0 heterocycles. The van der Waals surface area contributed by atoms with Gasteiger partial charge < -0.3 is 5.32 Å². The molecule has 0 aliphatic heterocycles. The number of hydrazone groups is 1. The molecule has 0 spiro atoms. The molecule has 0 aliphatic carbocycles. The zero-order chi connectivity index (χ0) is 24.7. The van der Waals surface area contributed by atoms with Crippen molar-refractivity contribution in [2.75, 3.05) is 22.4 Å². The largest absolute Gasteiger partial charge is 0.322 e. The maximum absolute atomic E-state index is 12.5. The summed E-state index contributed by atoms with van der Waals surface area (Å²) in [5.41, 5.74) is 6.02. The van der Waals surface area contributed by atoms with Gasteiger partial charge in [-0.25, -0.2) is 13.8 Å². The van der Waals surface area contributed by atoms with E-state index in [1.807, 2.05) is 6.07 Å². The second-order valence-electron chi connectivity index (χ2n) is 7.69. The Morgan fingerprint density at radius 1 is 0.882 bits per heavy atom. The minimum Gasteiger partial charge on any atom is -0.322 e. The van der Waals surface area contributed by atoms with Crippen molar-refractivity contribution in [3.05, 3.63) is 95.6 Å². The maximum atomic E-state index is 12.5. The fourth-order valence-electron chi connectivity index (χ4n) is 3.19. The normalized spacial score (nSPS) is 11.6. The molecule has 8 nitrogen and oxygen atoms in total. The van der Waals surface area contributed by atoms with E-state index in [1.165, 1.54) is 0 Å². The van der Waals surface area contributed by atoms with E-state index < -0.39 is 22.5 Å². The van der Waals surface area contributed by atoms with Gasteiger partial charge in [0.15, 0.2) is 0 Å². The predicted molar refractivity (Wildman–Crippen MR) is 135 cm³/mol. The van der Waals surface area contributed by atoms with Gasteiger partial charge in [0.25, 0.3) is 11.8 Å². The Hall–Kier alpha value is -3.98. The molecule has 176 valence electrons. The fraction of sp³-hybridized carbons (Fsp3) is 0.160. The molecule has 0 unspecified atom stereocenters. The van der Waals surface area contributed by atoms with Crippen molar-refractivity contribution in [3.8, 4) is 0 Å². The van der Waals surface area contributed by atoms with Crippen molar-refractivity contribution >= 4 is 38.9 Å². The molecule has 0 aliphatic rings. The molecule has 2 N–H and O–H groups in total. The summed E-state index contributed by atoms with van der Waals surface area (Å²) < 4.78 is 25.6. The van der Waals surface area contributed by atoms with E-state index in [0.29, 0.717) is 22.6 Å². The molecule has 0 aromatic heterocycles. The molecule has 0 saturated heterocycles. The molecule has 3 aromatic rings. The zero-order valence-electron chi connectivity index (χ0n) is 19.1. The Kier molecular flexibility index (Phi) is 7.80. The van der Waals surface area contributed by atoms with Gasteiger partial charge in [0.2, 0.25) is 10.0 Å². The second-order valence-corrected chi connectivity index (χ2v) is 9.59. The number of rotatable bonds is 8. The van der Waals surface area contributed by atoms with Crippen LogP contribution < -0.4 is 15.0 Å². The molecule has 0 radical (unpaired) electrons. The number of benzene rings is 3. The Bertz CT molecular complexity index is 1300. The zero-order valence-corrected chi connectivity index (χ0v) is 20.0. The third-order valence-electron chi connectivity index (χ3n) is 5.02. The van der Waals surface area contributed by atoms with E-state index in [0.717, 1.165) is 21.7 Å². The van der Waals surface area contributed by atoms with E-state index >= 15 is 0 Å². The topological polar surface area (TPSA) is 108 Å². The highest BCUT2D eigenvalue weighted by atomic mass is 32.2. The van der Waals surface area contributed by atoms with Crippen molar-refractivity contribution in [3.63, 3.8) is 0 Å². The van der Waals surface area contributed by atoms with Gasteiger partial charge in [-0.1, -0.05) is 48.5 Å². The van der Waals surface area contributed by atoms with Crippen LogP contribution in [-0.2, 0) is 14.8 Å². The molecule has 0 atom stereocenters. The first-order valence-electron chi connectivity index (χ1n) is 10.5. The molecule has 3 aromatic carbocycles. The summed E-state index contributed by atoms with van der Waals surface area (Å²) in [5, 5.41) is 6.91. The lowest BCUT2D eigenvalue weighted by atomic mass is 10.1. The summed E-state index contributed by atoms with van der Waals surface area (Å²) in [6.45, 7) is 3.10. The van der Waals surface area contributed by atoms with E-state index in [9.17, 15) is 18.0 Å². The number of carbonyl (C=O) groups excluding carboxylic acids is 2. The lowest BCUT2D eigenvalue weighted by Gasteiger charge is -2.23. The van der Waals surface area contributed by atoms with Gasteiger partial charge in [-0.3, -0.25) is 13.9 Å². The fourth-order valence-corrected chi connectivity index (χ4v) is 4.10. The Morgan fingerprint density at radius 3 is 2.12 bits per heavy atom. The van der Waals surface area contributed by atoms with Gasteiger partial charge in [0, 0.05) is 11.3 Å². The lowest BCUT2D eigenvalue weighted by molar-refractivity contribution is -0.119. The first-order chi connectivity index (χ1) is 16.1. The molecular formula is C25H26N4O4S. The number of nitrogens with zero attached hydrogens (tertiary/aromatic N) is 2. The highest BCUT2D eigenvalue weighted by Gasteiger charge is 2.22. The van der Waals surface area contributed by atoms with Crippen LogP contribution in [0.5, 0.6) is 0 Å². The minimum absolute atomic E-state index is 0.213. The van der Waals surface area contributed by atoms with E-state index in [2.05, 4.69) is 15.8 Å². The van der Waals surface area contributed by atoms with Gasteiger partial charge in [-0.15, -0.1) is 0 Å². The molecule has 9 heteroatoms. The van der Waals surface area contributed by atoms with Crippen LogP contribution in [0.1, 0.15) is 28.4 Å². The minimum atomic E-state index is -3.67. The predicted octanol–water partition coefficient (Wildman–Crippen LogP) is 3.55. The van der Waals surface area contributed by atoms with Crippen LogP contribution in [0.2, 0.25) is 0 Å². The number of amides is 2. The van der Waals surface area contributed by atoms with E-state index in [4.69, 9.17) is 0 Å².